The normalized spacial score (nSPS) is 25.4. The summed E-state index contributed by atoms with van der Waals surface area (Å²) in [5.74, 6) is -0.225. The van der Waals surface area contributed by atoms with Gasteiger partial charge in [0, 0.05) is 31.7 Å². The molecule has 0 radical (unpaired) electrons. The first-order valence-corrected chi connectivity index (χ1v) is 6.20. The van der Waals surface area contributed by atoms with Crippen LogP contribution in [0, 0.1) is 0 Å². The summed E-state index contributed by atoms with van der Waals surface area (Å²) in [6.07, 6.45) is 2.05. The SMILES string of the molecule is C[C@@H]1CNCCN1CC(=O)NC(=O)NC1CC1. The van der Waals surface area contributed by atoms with Crippen LogP contribution in [0.15, 0.2) is 0 Å². The Morgan fingerprint density at radius 2 is 2.18 bits per heavy atom. The van der Waals surface area contributed by atoms with Crippen molar-refractivity contribution in [1.29, 1.82) is 0 Å². The van der Waals surface area contributed by atoms with E-state index in [1.54, 1.807) is 0 Å². The molecule has 1 atom stereocenters. The fourth-order valence-electron chi connectivity index (χ4n) is 1.92. The van der Waals surface area contributed by atoms with Gasteiger partial charge >= 0.3 is 6.03 Å². The number of urea groups is 1. The van der Waals surface area contributed by atoms with Crippen molar-refractivity contribution >= 4 is 11.9 Å². The molecule has 3 N–H and O–H groups in total. The predicted octanol–water partition coefficient (Wildman–Crippen LogP) is -0.732. The smallest absolute Gasteiger partial charge is 0.321 e. The van der Waals surface area contributed by atoms with Gasteiger partial charge in [0.15, 0.2) is 0 Å². The van der Waals surface area contributed by atoms with Crippen LogP contribution < -0.4 is 16.0 Å². The highest BCUT2D eigenvalue weighted by Gasteiger charge is 2.25. The third-order valence-electron chi connectivity index (χ3n) is 3.15. The molecule has 17 heavy (non-hydrogen) atoms. The van der Waals surface area contributed by atoms with Gasteiger partial charge in [-0.05, 0) is 19.8 Å². The molecule has 96 valence electrons. The standard InChI is InChI=1S/C11H20N4O2/c1-8-6-12-4-5-15(8)7-10(16)14-11(17)13-9-2-3-9/h8-9,12H,2-7H2,1H3,(H2,13,14,16,17)/t8-/m1/s1. The first-order valence-electron chi connectivity index (χ1n) is 6.20. The predicted molar refractivity (Wildman–Crippen MR) is 63.6 cm³/mol. The molecule has 0 aromatic rings. The summed E-state index contributed by atoms with van der Waals surface area (Å²) in [6.45, 7) is 5.00. The molecule has 6 nitrogen and oxygen atoms in total. The molecule has 0 bridgehead atoms. The topological polar surface area (TPSA) is 73.5 Å². The third kappa shape index (κ3) is 3.98. The molecule has 0 unspecified atom stereocenters. The largest absolute Gasteiger partial charge is 0.335 e. The number of amides is 3. The van der Waals surface area contributed by atoms with Gasteiger partial charge in [-0.3, -0.25) is 15.0 Å². The van der Waals surface area contributed by atoms with Crippen LogP contribution in [0.5, 0.6) is 0 Å². The van der Waals surface area contributed by atoms with Crippen LogP contribution in [0.4, 0.5) is 4.79 Å². The molecule has 1 aliphatic carbocycles. The van der Waals surface area contributed by atoms with Gasteiger partial charge in [0.05, 0.1) is 6.54 Å². The molecular weight excluding hydrogens is 220 g/mol. The second-order valence-electron chi connectivity index (χ2n) is 4.82. The van der Waals surface area contributed by atoms with Crippen LogP contribution >= 0.6 is 0 Å². The summed E-state index contributed by atoms with van der Waals surface area (Å²) in [6, 6.07) is 0.252. The van der Waals surface area contributed by atoms with Crippen molar-refractivity contribution in [2.24, 2.45) is 0 Å². The van der Waals surface area contributed by atoms with Gasteiger partial charge in [-0.25, -0.2) is 4.79 Å². The van der Waals surface area contributed by atoms with E-state index in [4.69, 9.17) is 0 Å². The van der Waals surface area contributed by atoms with Gasteiger partial charge in [0.2, 0.25) is 5.91 Å². The van der Waals surface area contributed by atoms with E-state index in [0.717, 1.165) is 32.5 Å². The summed E-state index contributed by atoms with van der Waals surface area (Å²) < 4.78 is 0. The van der Waals surface area contributed by atoms with Crippen molar-refractivity contribution < 1.29 is 9.59 Å². The van der Waals surface area contributed by atoms with E-state index in [9.17, 15) is 9.59 Å². The van der Waals surface area contributed by atoms with Crippen LogP contribution in [-0.4, -0.2) is 55.1 Å². The lowest BCUT2D eigenvalue weighted by Gasteiger charge is -2.33. The van der Waals surface area contributed by atoms with Crippen LogP contribution in [-0.2, 0) is 4.79 Å². The van der Waals surface area contributed by atoms with Crippen molar-refractivity contribution in [3.63, 3.8) is 0 Å². The summed E-state index contributed by atoms with van der Waals surface area (Å²) in [5, 5.41) is 8.36. The Kier molecular flexibility index (Phi) is 3.96. The van der Waals surface area contributed by atoms with Crippen molar-refractivity contribution in [3.05, 3.63) is 0 Å². The number of nitrogens with zero attached hydrogens (tertiary/aromatic N) is 1. The highest BCUT2D eigenvalue weighted by atomic mass is 16.2. The molecule has 3 amide bonds. The Labute approximate surface area is 101 Å². The van der Waals surface area contributed by atoms with E-state index >= 15 is 0 Å². The van der Waals surface area contributed by atoms with Gasteiger partial charge in [-0.2, -0.15) is 0 Å². The van der Waals surface area contributed by atoms with Gasteiger partial charge in [-0.15, -0.1) is 0 Å². The molecule has 0 aromatic heterocycles. The Morgan fingerprint density at radius 1 is 1.41 bits per heavy atom. The highest BCUT2D eigenvalue weighted by Crippen LogP contribution is 2.18. The number of imide groups is 1. The summed E-state index contributed by atoms with van der Waals surface area (Å²) in [7, 11) is 0. The molecule has 2 rings (SSSR count). The van der Waals surface area contributed by atoms with Gasteiger partial charge in [0.25, 0.3) is 0 Å². The molecule has 2 fully saturated rings. The Bertz CT molecular complexity index is 304. The molecule has 1 heterocycles. The lowest BCUT2D eigenvalue weighted by Crippen LogP contribution is -2.54. The van der Waals surface area contributed by atoms with Crippen LogP contribution in [0.25, 0.3) is 0 Å². The fourth-order valence-corrected chi connectivity index (χ4v) is 1.92. The molecule has 2 aliphatic rings. The number of hydrogen-bond donors (Lipinski definition) is 3. The molecule has 1 saturated heterocycles. The zero-order valence-corrected chi connectivity index (χ0v) is 10.2. The average molecular weight is 240 g/mol. The monoisotopic (exact) mass is 240 g/mol. The number of rotatable bonds is 3. The number of nitrogens with one attached hydrogen (secondary N) is 3. The second-order valence-corrected chi connectivity index (χ2v) is 4.82. The third-order valence-corrected chi connectivity index (χ3v) is 3.15. The number of carbonyl (C=O) groups excluding carboxylic acids is 2. The molecule has 1 aliphatic heterocycles. The van der Waals surface area contributed by atoms with E-state index in [1.807, 2.05) is 0 Å². The van der Waals surface area contributed by atoms with Crippen molar-refractivity contribution in [1.82, 2.24) is 20.9 Å². The summed E-state index contributed by atoms with van der Waals surface area (Å²) in [4.78, 5) is 25.1. The van der Waals surface area contributed by atoms with Crippen LogP contribution in [0.3, 0.4) is 0 Å². The van der Waals surface area contributed by atoms with Gasteiger partial charge in [-0.1, -0.05) is 0 Å². The highest BCUT2D eigenvalue weighted by molar-refractivity contribution is 5.95. The minimum atomic E-state index is -0.361. The fraction of sp³-hybridized carbons (Fsp3) is 0.818. The molecule has 6 heteroatoms. The maximum atomic E-state index is 11.6. The van der Waals surface area contributed by atoms with E-state index in [1.165, 1.54) is 0 Å². The van der Waals surface area contributed by atoms with Crippen LogP contribution in [0.2, 0.25) is 0 Å². The lowest BCUT2D eigenvalue weighted by atomic mass is 10.2. The van der Waals surface area contributed by atoms with E-state index in [0.29, 0.717) is 12.6 Å². The molecule has 0 spiro atoms. The quantitative estimate of drug-likeness (QED) is 0.608. The van der Waals surface area contributed by atoms with Gasteiger partial charge < -0.3 is 10.6 Å². The minimum Gasteiger partial charge on any atom is -0.335 e. The minimum absolute atomic E-state index is 0.225. The number of carbonyl (C=O) groups is 2. The van der Waals surface area contributed by atoms with E-state index < -0.39 is 0 Å². The van der Waals surface area contributed by atoms with Gasteiger partial charge in [0.1, 0.15) is 0 Å². The summed E-state index contributed by atoms with van der Waals surface area (Å²) in [5.41, 5.74) is 0. The maximum Gasteiger partial charge on any atom is 0.321 e. The summed E-state index contributed by atoms with van der Waals surface area (Å²) >= 11 is 0. The maximum absolute atomic E-state index is 11.6. The second kappa shape index (κ2) is 5.46. The first-order chi connectivity index (χ1) is 8.15. The number of hydrogen-bond acceptors (Lipinski definition) is 4. The lowest BCUT2D eigenvalue weighted by molar-refractivity contribution is -0.121. The zero-order chi connectivity index (χ0) is 12.3. The van der Waals surface area contributed by atoms with Crippen molar-refractivity contribution in [2.75, 3.05) is 26.2 Å². The number of piperazine rings is 1. The zero-order valence-electron chi connectivity index (χ0n) is 10.2. The Balaban J connectivity index is 1.69. The Morgan fingerprint density at radius 3 is 2.82 bits per heavy atom. The molecular formula is C11H20N4O2. The average Bonchev–Trinajstić information content (AvgIpc) is 3.05. The van der Waals surface area contributed by atoms with Crippen LogP contribution in [0.1, 0.15) is 19.8 Å². The van der Waals surface area contributed by atoms with E-state index in [2.05, 4.69) is 27.8 Å². The molecule has 0 aromatic carbocycles. The molecule has 1 saturated carbocycles. The van der Waals surface area contributed by atoms with Crippen molar-refractivity contribution in [3.8, 4) is 0 Å². The van der Waals surface area contributed by atoms with E-state index in [-0.39, 0.29) is 18.0 Å². The Hall–Kier alpha value is -1.14. The van der Waals surface area contributed by atoms with Crippen molar-refractivity contribution in [2.45, 2.75) is 31.8 Å². The first kappa shape index (κ1) is 12.3.